The Balaban J connectivity index is 1.91. The third-order valence-electron chi connectivity index (χ3n) is 4.92. The van der Waals surface area contributed by atoms with Crippen molar-refractivity contribution in [2.45, 2.75) is 39.5 Å². The number of nitrogens with two attached hydrogens (primary N) is 1. The molecular formula is C17H24N2O. The summed E-state index contributed by atoms with van der Waals surface area (Å²) in [6.45, 7) is 5.63. The highest BCUT2D eigenvalue weighted by Gasteiger charge is 2.49. The highest BCUT2D eigenvalue weighted by atomic mass is 16.2. The number of nitrogens with zero attached hydrogens (tertiary/aromatic N) is 1. The number of carbonyl (C=O) groups excluding carboxylic acids is 1. The molecule has 1 fully saturated rings. The Morgan fingerprint density at radius 3 is 2.85 bits per heavy atom. The summed E-state index contributed by atoms with van der Waals surface area (Å²) in [5, 5.41) is 0. The van der Waals surface area contributed by atoms with Gasteiger partial charge in [-0.2, -0.15) is 0 Å². The minimum atomic E-state index is -0.293. The van der Waals surface area contributed by atoms with Gasteiger partial charge in [0, 0.05) is 18.8 Å². The first-order chi connectivity index (χ1) is 9.55. The molecule has 0 radical (unpaired) electrons. The maximum atomic E-state index is 13.0. The predicted molar refractivity (Wildman–Crippen MR) is 81.7 cm³/mol. The third kappa shape index (κ3) is 2.05. The van der Waals surface area contributed by atoms with Gasteiger partial charge in [0.1, 0.15) is 0 Å². The average Bonchev–Trinajstić information content (AvgIpc) is 2.42. The summed E-state index contributed by atoms with van der Waals surface area (Å²) in [6.07, 6.45) is 4.02. The van der Waals surface area contributed by atoms with E-state index in [0.29, 0.717) is 12.5 Å². The summed E-state index contributed by atoms with van der Waals surface area (Å²) in [7, 11) is 0. The number of hydrogen-bond donors (Lipinski definition) is 1. The lowest BCUT2D eigenvalue weighted by Gasteiger charge is -2.47. The summed E-state index contributed by atoms with van der Waals surface area (Å²) < 4.78 is 0. The number of rotatable bonds is 2. The quantitative estimate of drug-likeness (QED) is 0.899. The maximum Gasteiger partial charge on any atom is 0.234 e. The van der Waals surface area contributed by atoms with Gasteiger partial charge in [-0.15, -0.1) is 0 Å². The van der Waals surface area contributed by atoms with E-state index in [4.69, 9.17) is 5.73 Å². The Morgan fingerprint density at radius 1 is 1.45 bits per heavy atom. The van der Waals surface area contributed by atoms with Crippen LogP contribution >= 0.6 is 0 Å². The van der Waals surface area contributed by atoms with Gasteiger partial charge in [-0.3, -0.25) is 4.79 Å². The van der Waals surface area contributed by atoms with Crippen LogP contribution in [-0.2, 0) is 11.2 Å². The molecule has 1 saturated carbocycles. The zero-order valence-electron chi connectivity index (χ0n) is 12.5. The lowest BCUT2D eigenvalue weighted by Crippen LogP contribution is -2.55. The van der Waals surface area contributed by atoms with Crippen LogP contribution in [0.25, 0.3) is 0 Å². The molecule has 1 aliphatic heterocycles. The van der Waals surface area contributed by atoms with Gasteiger partial charge in [0.05, 0.1) is 5.41 Å². The molecule has 1 aromatic rings. The van der Waals surface area contributed by atoms with Crippen LogP contribution in [0.1, 0.15) is 37.3 Å². The van der Waals surface area contributed by atoms with Gasteiger partial charge in [-0.05, 0) is 50.2 Å². The molecule has 0 aromatic heterocycles. The molecule has 2 N–H and O–H groups in total. The third-order valence-corrected chi connectivity index (χ3v) is 4.92. The van der Waals surface area contributed by atoms with Crippen LogP contribution < -0.4 is 10.6 Å². The molecule has 0 atom stereocenters. The fourth-order valence-electron chi connectivity index (χ4n) is 3.93. The Morgan fingerprint density at radius 2 is 2.20 bits per heavy atom. The second-order valence-corrected chi connectivity index (χ2v) is 6.69. The Kier molecular flexibility index (Phi) is 3.33. The number of carbonyl (C=O) groups is 1. The SMILES string of the molecule is Cc1ccc2c(c1)CCCN2C(=O)C1(CN)CC(C)C1. The molecule has 0 spiro atoms. The molecule has 20 heavy (non-hydrogen) atoms. The molecule has 0 bridgehead atoms. The van der Waals surface area contributed by atoms with Gasteiger partial charge in [-0.1, -0.05) is 24.6 Å². The molecule has 108 valence electrons. The van der Waals surface area contributed by atoms with Gasteiger partial charge in [-0.25, -0.2) is 0 Å². The molecule has 3 heteroatoms. The number of amides is 1. The maximum absolute atomic E-state index is 13.0. The van der Waals surface area contributed by atoms with E-state index >= 15 is 0 Å². The molecule has 1 heterocycles. The Bertz CT molecular complexity index is 532. The summed E-state index contributed by atoms with van der Waals surface area (Å²) in [6, 6.07) is 6.42. The van der Waals surface area contributed by atoms with Gasteiger partial charge >= 0.3 is 0 Å². The smallest absolute Gasteiger partial charge is 0.234 e. The van der Waals surface area contributed by atoms with Crippen molar-refractivity contribution in [1.82, 2.24) is 0 Å². The summed E-state index contributed by atoms with van der Waals surface area (Å²) in [5.41, 5.74) is 9.33. The zero-order chi connectivity index (χ0) is 14.3. The zero-order valence-corrected chi connectivity index (χ0v) is 12.5. The number of fused-ring (bicyclic) bond motifs is 1. The van der Waals surface area contributed by atoms with Crippen molar-refractivity contribution in [3.63, 3.8) is 0 Å². The standard InChI is InChI=1S/C17H24N2O/c1-12-5-6-15-14(8-12)4-3-7-19(15)16(20)17(11-18)9-13(2)10-17/h5-6,8,13H,3-4,7,9-11,18H2,1-2H3. The van der Waals surface area contributed by atoms with E-state index in [1.807, 2.05) is 4.90 Å². The van der Waals surface area contributed by atoms with Crippen molar-refractivity contribution in [2.24, 2.45) is 17.1 Å². The van der Waals surface area contributed by atoms with E-state index in [2.05, 4.69) is 32.0 Å². The first kappa shape index (κ1) is 13.6. The van der Waals surface area contributed by atoms with Crippen molar-refractivity contribution in [1.29, 1.82) is 0 Å². The lowest BCUT2D eigenvalue weighted by molar-refractivity contribution is -0.135. The highest BCUT2D eigenvalue weighted by Crippen LogP contribution is 2.47. The lowest BCUT2D eigenvalue weighted by atomic mass is 9.61. The van der Waals surface area contributed by atoms with Crippen molar-refractivity contribution in [3.05, 3.63) is 29.3 Å². The van der Waals surface area contributed by atoms with Crippen LogP contribution in [0, 0.1) is 18.3 Å². The minimum absolute atomic E-state index is 0.253. The van der Waals surface area contributed by atoms with Crippen LogP contribution in [0.2, 0.25) is 0 Å². The van der Waals surface area contributed by atoms with E-state index in [0.717, 1.165) is 37.9 Å². The molecule has 3 rings (SSSR count). The predicted octanol–water partition coefficient (Wildman–Crippen LogP) is 2.65. The van der Waals surface area contributed by atoms with Crippen LogP contribution in [0.4, 0.5) is 5.69 Å². The summed E-state index contributed by atoms with van der Waals surface area (Å²) in [5.74, 6) is 0.882. The minimum Gasteiger partial charge on any atom is -0.329 e. The van der Waals surface area contributed by atoms with E-state index in [1.54, 1.807) is 0 Å². The molecule has 1 aromatic carbocycles. The monoisotopic (exact) mass is 272 g/mol. The fourth-order valence-corrected chi connectivity index (χ4v) is 3.93. The van der Waals surface area contributed by atoms with E-state index < -0.39 is 0 Å². The topological polar surface area (TPSA) is 46.3 Å². The molecular weight excluding hydrogens is 248 g/mol. The number of anilines is 1. The highest BCUT2D eigenvalue weighted by molar-refractivity contribution is 5.99. The Labute approximate surface area is 121 Å². The molecule has 1 aliphatic carbocycles. The van der Waals surface area contributed by atoms with Crippen LogP contribution in [-0.4, -0.2) is 19.0 Å². The normalized spacial score (nSPS) is 28.8. The van der Waals surface area contributed by atoms with Gasteiger partial charge in [0.15, 0.2) is 0 Å². The van der Waals surface area contributed by atoms with Crippen molar-refractivity contribution < 1.29 is 4.79 Å². The molecule has 0 unspecified atom stereocenters. The van der Waals surface area contributed by atoms with E-state index in [-0.39, 0.29) is 11.3 Å². The molecule has 2 aliphatic rings. The first-order valence-electron chi connectivity index (χ1n) is 7.67. The summed E-state index contributed by atoms with van der Waals surface area (Å²) in [4.78, 5) is 15.0. The number of aryl methyl sites for hydroxylation is 2. The van der Waals surface area contributed by atoms with Gasteiger partial charge in [0.25, 0.3) is 0 Å². The fraction of sp³-hybridized carbons (Fsp3) is 0.588. The van der Waals surface area contributed by atoms with Crippen molar-refractivity contribution in [2.75, 3.05) is 18.0 Å². The van der Waals surface area contributed by atoms with E-state index in [9.17, 15) is 4.79 Å². The van der Waals surface area contributed by atoms with Crippen LogP contribution in [0.5, 0.6) is 0 Å². The van der Waals surface area contributed by atoms with Gasteiger partial charge < -0.3 is 10.6 Å². The molecule has 3 nitrogen and oxygen atoms in total. The summed E-state index contributed by atoms with van der Waals surface area (Å²) >= 11 is 0. The average molecular weight is 272 g/mol. The molecule has 0 saturated heterocycles. The second kappa shape index (κ2) is 4.88. The number of benzene rings is 1. The van der Waals surface area contributed by atoms with Crippen LogP contribution in [0.15, 0.2) is 18.2 Å². The van der Waals surface area contributed by atoms with E-state index in [1.165, 1.54) is 11.1 Å². The second-order valence-electron chi connectivity index (χ2n) is 6.69. The Hall–Kier alpha value is -1.35. The number of hydrogen-bond acceptors (Lipinski definition) is 2. The van der Waals surface area contributed by atoms with Crippen LogP contribution in [0.3, 0.4) is 0 Å². The van der Waals surface area contributed by atoms with Gasteiger partial charge in [0.2, 0.25) is 5.91 Å². The van der Waals surface area contributed by atoms with Crippen molar-refractivity contribution >= 4 is 11.6 Å². The largest absolute Gasteiger partial charge is 0.329 e. The first-order valence-corrected chi connectivity index (χ1v) is 7.67. The molecule has 1 amide bonds. The van der Waals surface area contributed by atoms with Crippen molar-refractivity contribution in [3.8, 4) is 0 Å².